The minimum absolute atomic E-state index is 0.0754. The summed E-state index contributed by atoms with van der Waals surface area (Å²) in [5, 5.41) is 0. The van der Waals surface area contributed by atoms with E-state index in [1.165, 1.54) is 0 Å². The van der Waals surface area contributed by atoms with Gasteiger partial charge in [0.15, 0.2) is 5.92 Å². The van der Waals surface area contributed by atoms with Gasteiger partial charge in [0.05, 0.1) is 0 Å². The molecule has 0 aliphatic carbocycles. The first-order valence-electron chi connectivity index (χ1n) is 8.90. The van der Waals surface area contributed by atoms with Crippen molar-refractivity contribution in [3.63, 3.8) is 0 Å². The Morgan fingerprint density at radius 1 is 0.852 bits per heavy atom. The van der Waals surface area contributed by atoms with Gasteiger partial charge in [0, 0.05) is 5.92 Å². The Kier molecular flexibility index (Phi) is 7.63. The molecule has 0 aliphatic rings. The summed E-state index contributed by atoms with van der Waals surface area (Å²) in [7, 11) is 0. The predicted molar refractivity (Wildman–Crippen MR) is 103 cm³/mol. The number of benzene rings is 2. The van der Waals surface area contributed by atoms with Crippen LogP contribution in [0.4, 0.5) is 0 Å². The molecule has 0 aromatic heterocycles. The Balaban J connectivity index is 2.08. The largest absolute Gasteiger partial charge is 0.460 e. The summed E-state index contributed by atoms with van der Waals surface area (Å²) in [5.74, 6) is -0.586. The molecule has 4 nitrogen and oxygen atoms in total. The maximum absolute atomic E-state index is 12.7. The summed E-state index contributed by atoms with van der Waals surface area (Å²) < 4.78 is 10.7. The molecule has 1 unspecified atom stereocenters. The molecule has 2 aromatic rings. The maximum atomic E-state index is 12.7. The zero-order valence-electron chi connectivity index (χ0n) is 15.6. The molecule has 0 bridgehead atoms. The molecular weight excluding hydrogens is 340 g/mol. The Bertz CT molecular complexity index is 720. The highest BCUT2D eigenvalue weighted by Gasteiger charge is 2.38. The van der Waals surface area contributed by atoms with Crippen molar-refractivity contribution < 1.29 is 19.1 Å². The average molecular weight is 364 g/mol. The average Bonchev–Trinajstić information content (AvgIpc) is 2.69. The Hall–Kier alpha value is -3.06. The number of carbonyl (C=O) groups is 2. The van der Waals surface area contributed by atoms with Gasteiger partial charge < -0.3 is 9.47 Å². The van der Waals surface area contributed by atoms with Crippen LogP contribution in [-0.4, -0.2) is 11.9 Å². The number of hydrogen-bond donors (Lipinski definition) is 0. The highest BCUT2D eigenvalue weighted by Crippen LogP contribution is 2.24. The van der Waals surface area contributed by atoms with Crippen molar-refractivity contribution in [3.8, 4) is 12.3 Å². The van der Waals surface area contributed by atoms with Crippen molar-refractivity contribution in [1.82, 2.24) is 0 Å². The molecule has 0 heterocycles. The predicted octanol–water partition coefficient (Wildman–Crippen LogP) is 3.99. The van der Waals surface area contributed by atoms with Crippen LogP contribution in [0.2, 0.25) is 0 Å². The number of hydrogen-bond acceptors (Lipinski definition) is 4. The molecule has 27 heavy (non-hydrogen) atoms. The molecule has 0 saturated heterocycles. The first kappa shape index (κ1) is 20.3. The number of rotatable bonds is 8. The third-order valence-electron chi connectivity index (χ3n) is 4.23. The van der Waals surface area contributed by atoms with Crippen molar-refractivity contribution in [3.05, 3.63) is 71.8 Å². The SMILES string of the molecule is C#CC(C(C)C)C(C(=O)OCc1ccccc1)C(=O)OCc1ccccc1. The van der Waals surface area contributed by atoms with Gasteiger partial charge in [-0.25, -0.2) is 0 Å². The van der Waals surface area contributed by atoms with Crippen LogP contribution in [0.5, 0.6) is 0 Å². The lowest BCUT2D eigenvalue weighted by molar-refractivity contribution is -0.166. The molecule has 0 aliphatic heterocycles. The van der Waals surface area contributed by atoms with Gasteiger partial charge in [-0.05, 0) is 17.0 Å². The minimum Gasteiger partial charge on any atom is -0.460 e. The lowest BCUT2D eigenvalue weighted by atomic mass is 9.84. The molecule has 0 N–H and O–H groups in total. The number of terminal acetylenes is 1. The van der Waals surface area contributed by atoms with Gasteiger partial charge in [0.25, 0.3) is 0 Å². The second kappa shape index (κ2) is 10.2. The molecule has 2 aromatic carbocycles. The van der Waals surface area contributed by atoms with E-state index in [0.717, 1.165) is 11.1 Å². The summed E-state index contributed by atoms with van der Waals surface area (Å²) in [6, 6.07) is 18.5. The maximum Gasteiger partial charge on any atom is 0.321 e. The quantitative estimate of drug-likeness (QED) is 0.404. The standard InChI is InChI=1S/C23H24O4/c1-4-20(17(2)3)21(22(24)26-15-18-11-7-5-8-12-18)23(25)27-16-19-13-9-6-10-14-19/h1,5-14,17,20-21H,15-16H2,2-3H3. The number of esters is 2. The summed E-state index contributed by atoms with van der Waals surface area (Å²) in [5.41, 5.74) is 1.67. The number of carbonyl (C=O) groups excluding carboxylic acids is 2. The summed E-state index contributed by atoms with van der Waals surface area (Å²) >= 11 is 0. The minimum atomic E-state index is -1.15. The molecular formula is C23H24O4. The molecule has 4 heteroatoms. The van der Waals surface area contributed by atoms with Crippen LogP contribution >= 0.6 is 0 Å². The van der Waals surface area contributed by atoms with E-state index in [-0.39, 0.29) is 19.1 Å². The fraction of sp³-hybridized carbons (Fsp3) is 0.304. The zero-order valence-corrected chi connectivity index (χ0v) is 15.6. The fourth-order valence-corrected chi connectivity index (χ4v) is 2.70. The Labute approximate surface area is 160 Å². The lowest BCUT2D eigenvalue weighted by Gasteiger charge is -2.23. The van der Waals surface area contributed by atoms with Gasteiger partial charge in [-0.3, -0.25) is 9.59 Å². The highest BCUT2D eigenvalue weighted by atomic mass is 16.6. The van der Waals surface area contributed by atoms with Crippen LogP contribution in [0, 0.1) is 30.1 Å². The Morgan fingerprint density at radius 2 is 1.26 bits per heavy atom. The van der Waals surface area contributed by atoms with Crippen LogP contribution in [0.25, 0.3) is 0 Å². The van der Waals surface area contributed by atoms with Crippen LogP contribution in [0.1, 0.15) is 25.0 Å². The third-order valence-corrected chi connectivity index (χ3v) is 4.23. The summed E-state index contributed by atoms with van der Waals surface area (Å²) in [4.78, 5) is 25.3. The monoisotopic (exact) mass is 364 g/mol. The van der Waals surface area contributed by atoms with Crippen molar-refractivity contribution >= 4 is 11.9 Å². The van der Waals surface area contributed by atoms with Crippen LogP contribution in [0.15, 0.2) is 60.7 Å². The first-order chi connectivity index (χ1) is 13.0. The molecule has 0 saturated carbocycles. The van der Waals surface area contributed by atoms with Gasteiger partial charge in [-0.1, -0.05) is 74.5 Å². The van der Waals surface area contributed by atoms with Crippen molar-refractivity contribution in [2.45, 2.75) is 27.1 Å². The van der Waals surface area contributed by atoms with E-state index in [9.17, 15) is 9.59 Å². The number of ether oxygens (including phenoxy) is 2. The Morgan fingerprint density at radius 3 is 1.59 bits per heavy atom. The molecule has 0 radical (unpaired) electrons. The van der Waals surface area contributed by atoms with E-state index in [1.807, 2.05) is 74.5 Å². The lowest BCUT2D eigenvalue weighted by Crippen LogP contribution is -2.36. The van der Waals surface area contributed by atoms with E-state index in [2.05, 4.69) is 5.92 Å². The molecule has 0 amide bonds. The van der Waals surface area contributed by atoms with Gasteiger partial charge in [0.2, 0.25) is 0 Å². The van der Waals surface area contributed by atoms with E-state index >= 15 is 0 Å². The van der Waals surface area contributed by atoms with Gasteiger partial charge in [-0.2, -0.15) is 0 Å². The zero-order chi connectivity index (χ0) is 19.6. The summed E-state index contributed by atoms with van der Waals surface area (Å²) in [6.07, 6.45) is 5.60. The van der Waals surface area contributed by atoms with E-state index in [0.29, 0.717) is 0 Å². The second-order valence-electron chi connectivity index (χ2n) is 6.60. The fourth-order valence-electron chi connectivity index (χ4n) is 2.70. The van der Waals surface area contributed by atoms with Crippen LogP contribution in [0.3, 0.4) is 0 Å². The van der Waals surface area contributed by atoms with E-state index in [1.54, 1.807) is 0 Å². The van der Waals surface area contributed by atoms with Crippen molar-refractivity contribution in [2.75, 3.05) is 0 Å². The topological polar surface area (TPSA) is 52.6 Å². The highest BCUT2D eigenvalue weighted by molar-refractivity contribution is 5.95. The molecule has 1 atom stereocenters. The van der Waals surface area contributed by atoms with Crippen molar-refractivity contribution in [1.29, 1.82) is 0 Å². The van der Waals surface area contributed by atoms with Gasteiger partial charge in [0.1, 0.15) is 13.2 Å². The smallest absolute Gasteiger partial charge is 0.321 e. The summed E-state index contributed by atoms with van der Waals surface area (Å²) in [6.45, 7) is 3.90. The van der Waals surface area contributed by atoms with Crippen molar-refractivity contribution in [2.24, 2.45) is 17.8 Å². The normalized spacial score (nSPS) is 11.7. The molecule has 2 rings (SSSR count). The van der Waals surface area contributed by atoms with Gasteiger partial charge in [-0.15, -0.1) is 12.3 Å². The van der Waals surface area contributed by atoms with E-state index < -0.39 is 23.8 Å². The molecule has 140 valence electrons. The second-order valence-corrected chi connectivity index (χ2v) is 6.60. The third kappa shape index (κ3) is 6.00. The van der Waals surface area contributed by atoms with Crippen LogP contribution < -0.4 is 0 Å². The van der Waals surface area contributed by atoms with Gasteiger partial charge >= 0.3 is 11.9 Å². The molecule has 0 spiro atoms. The van der Waals surface area contributed by atoms with E-state index in [4.69, 9.17) is 15.9 Å². The molecule has 0 fully saturated rings. The first-order valence-corrected chi connectivity index (χ1v) is 8.90. The van der Waals surface area contributed by atoms with Crippen LogP contribution in [-0.2, 0) is 32.3 Å².